The van der Waals surface area contributed by atoms with Crippen molar-refractivity contribution >= 4 is 16.7 Å². The third kappa shape index (κ3) is 1.51. The number of hydrogen-bond acceptors (Lipinski definition) is 3. The Hall–Kier alpha value is -2.75. The second-order valence-electron chi connectivity index (χ2n) is 4.76. The number of hydrogen-bond donors (Lipinski definition) is 0. The second kappa shape index (κ2) is 4.13. The zero-order valence-corrected chi connectivity index (χ0v) is 11.0. The molecule has 0 radical (unpaired) electrons. The first kappa shape index (κ1) is 11.1. The van der Waals surface area contributed by atoms with Crippen LogP contribution in [0.5, 0.6) is 0 Å². The molecule has 2 aromatic heterocycles. The van der Waals surface area contributed by atoms with E-state index in [1.807, 2.05) is 41.7 Å². The number of nitrogens with zero attached hydrogens (tertiary/aromatic N) is 4. The van der Waals surface area contributed by atoms with Crippen LogP contribution < -0.4 is 0 Å². The molecular formula is C16H12N4. The lowest BCUT2D eigenvalue weighted by atomic mass is 10.0. The van der Waals surface area contributed by atoms with Crippen LogP contribution in [0.15, 0.2) is 54.9 Å². The Morgan fingerprint density at radius 1 is 0.950 bits per heavy atom. The maximum atomic E-state index is 4.73. The standard InChI is InChI=1S/C16H12N4/c1-11-16-19-17-10-20(16)14-9-5-8-13(15(14)18-11)12-6-3-2-4-7-12/h2-10H,1H3. The Bertz CT molecular complexity index is 910. The topological polar surface area (TPSA) is 43.1 Å². The van der Waals surface area contributed by atoms with E-state index < -0.39 is 0 Å². The quantitative estimate of drug-likeness (QED) is 0.527. The molecule has 4 nitrogen and oxygen atoms in total. The zero-order chi connectivity index (χ0) is 13.5. The number of para-hydroxylation sites is 1. The molecule has 4 aromatic rings. The Labute approximate surface area is 115 Å². The van der Waals surface area contributed by atoms with Crippen molar-refractivity contribution in [3.05, 3.63) is 60.6 Å². The zero-order valence-electron chi connectivity index (χ0n) is 11.0. The minimum Gasteiger partial charge on any atom is -0.278 e. The summed E-state index contributed by atoms with van der Waals surface area (Å²) in [7, 11) is 0. The first-order chi connectivity index (χ1) is 9.84. The van der Waals surface area contributed by atoms with Crippen LogP contribution in [0.2, 0.25) is 0 Å². The van der Waals surface area contributed by atoms with E-state index in [-0.39, 0.29) is 0 Å². The predicted molar refractivity (Wildman–Crippen MR) is 78.5 cm³/mol. The maximum Gasteiger partial charge on any atom is 0.182 e. The van der Waals surface area contributed by atoms with Gasteiger partial charge in [0.2, 0.25) is 0 Å². The maximum absolute atomic E-state index is 4.73. The van der Waals surface area contributed by atoms with E-state index in [0.717, 1.165) is 33.5 Å². The Balaban J connectivity index is 2.16. The van der Waals surface area contributed by atoms with Gasteiger partial charge in [-0.3, -0.25) is 4.40 Å². The monoisotopic (exact) mass is 260 g/mol. The molecule has 0 N–H and O–H groups in total. The first-order valence-corrected chi connectivity index (χ1v) is 6.49. The number of aryl methyl sites for hydroxylation is 1. The van der Waals surface area contributed by atoms with Crippen LogP contribution in [0.3, 0.4) is 0 Å². The van der Waals surface area contributed by atoms with Gasteiger partial charge < -0.3 is 0 Å². The van der Waals surface area contributed by atoms with Gasteiger partial charge in [0.1, 0.15) is 6.33 Å². The fourth-order valence-electron chi connectivity index (χ4n) is 2.57. The molecular weight excluding hydrogens is 248 g/mol. The van der Waals surface area contributed by atoms with E-state index >= 15 is 0 Å². The minimum atomic E-state index is 0.808. The fourth-order valence-corrected chi connectivity index (χ4v) is 2.57. The molecule has 4 heteroatoms. The second-order valence-corrected chi connectivity index (χ2v) is 4.76. The van der Waals surface area contributed by atoms with E-state index in [1.54, 1.807) is 6.33 Å². The molecule has 4 rings (SSSR count). The lowest BCUT2D eigenvalue weighted by molar-refractivity contribution is 1.10. The fraction of sp³-hybridized carbons (Fsp3) is 0.0625. The molecule has 0 aliphatic carbocycles. The van der Waals surface area contributed by atoms with Crippen molar-refractivity contribution in [3.8, 4) is 11.1 Å². The Morgan fingerprint density at radius 2 is 1.80 bits per heavy atom. The summed E-state index contributed by atoms with van der Waals surface area (Å²) >= 11 is 0. The predicted octanol–water partition coefficient (Wildman–Crippen LogP) is 3.25. The van der Waals surface area contributed by atoms with Crippen molar-refractivity contribution in [2.75, 3.05) is 0 Å². The molecule has 0 amide bonds. The van der Waals surface area contributed by atoms with Crippen LogP contribution in [0.25, 0.3) is 27.8 Å². The highest BCUT2D eigenvalue weighted by molar-refractivity contribution is 5.93. The van der Waals surface area contributed by atoms with Crippen LogP contribution in [-0.4, -0.2) is 19.6 Å². The number of fused-ring (bicyclic) bond motifs is 3. The molecule has 0 aliphatic rings. The summed E-state index contributed by atoms with van der Waals surface area (Å²) in [5.41, 5.74) is 5.99. The highest BCUT2D eigenvalue weighted by Crippen LogP contribution is 2.28. The molecule has 96 valence electrons. The van der Waals surface area contributed by atoms with E-state index in [9.17, 15) is 0 Å². The van der Waals surface area contributed by atoms with Gasteiger partial charge >= 0.3 is 0 Å². The normalized spacial score (nSPS) is 11.2. The van der Waals surface area contributed by atoms with Crippen molar-refractivity contribution < 1.29 is 0 Å². The van der Waals surface area contributed by atoms with Crippen molar-refractivity contribution in [2.45, 2.75) is 6.92 Å². The Kier molecular flexibility index (Phi) is 2.29. The lowest BCUT2D eigenvalue weighted by Crippen LogP contribution is -1.96. The molecule has 0 saturated carbocycles. The molecule has 0 saturated heterocycles. The summed E-state index contributed by atoms with van der Waals surface area (Å²) in [6.45, 7) is 1.96. The number of benzene rings is 2. The third-order valence-electron chi connectivity index (χ3n) is 3.51. The largest absolute Gasteiger partial charge is 0.278 e. The molecule has 0 bridgehead atoms. The van der Waals surface area contributed by atoms with Gasteiger partial charge in [0.05, 0.1) is 16.7 Å². The highest BCUT2D eigenvalue weighted by atomic mass is 15.2. The summed E-state index contributed by atoms with van der Waals surface area (Å²) in [5.74, 6) is 0. The Morgan fingerprint density at radius 3 is 2.65 bits per heavy atom. The molecule has 0 spiro atoms. The van der Waals surface area contributed by atoms with Crippen molar-refractivity contribution in [1.29, 1.82) is 0 Å². The van der Waals surface area contributed by atoms with Gasteiger partial charge in [-0.2, -0.15) is 0 Å². The minimum absolute atomic E-state index is 0.808. The van der Waals surface area contributed by atoms with Gasteiger partial charge in [0.15, 0.2) is 5.65 Å². The number of aromatic nitrogens is 4. The van der Waals surface area contributed by atoms with Crippen molar-refractivity contribution in [2.24, 2.45) is 0 Å². The highest BCUT2D eigenvalue weighted by Gasteiger charge is 2.10. The average Bonchev–Trinajstić information content (AvgIpc) is 2.98. The van der Waals surface area contributed by atoms with E-state index in [0.29, 0.717) is 0 Å². The van der Waals surface area contributed by atoms with Gasteiger partial charge in [-0.15, -0.1) is 10.2 Å². The van der Waals surface area contributed by atoms with Crippen LogP contribution >= 0.6 is 0 Å². The van der Waals surface area contributed by atoms with Gasteiger partial charge in [0.25, 0.3) is 0 Å². The summed E-state index contributed by atoms with van der Waals surface area (Å²) in [6, 6.07) is 16.5. The lowest BCUT2D eigenvalue weighted by Gasteiger charge is -2.08. The van der Waals surface area contributed by atoms with E-state index in [4.69, 9.17) is 4.98 Å². The van der Waals surface area contributed by atoms with Crippen molar-refractivity contribution in [1.82, 2.24) is 19.6 Å². The molecule has 2 aromatic carbocycles. The van der Waals surface area contributed by atoms with Gasteiger partial charge in [-0.05, 0) is 18.6 Å². The van der Waals surface area contributed by atoms with E-state index in [2.05, 4.69) is 28.4 Å². The summed E-state index contributed by atoms with van der Waals surface area (Å²) in [4.78, 5) is 4.73. The van der Waals surface area contributed by atoms with Crippen LogP contribution in [0.4, 0.5) is 0 Å². The van der Waals surface area contributed by atoms with Gasteiger partial charge in [0, 0.05) is 5.56 Å². The summed E-state index contributed by atoms with van der Waals surface area (Å²) in [5, 5.41) is 8.11. The molecule has 0 atom stereocenters. The van der Waals surface area contributed by atoms with E-state index in [1.165, 1.54) is 0 Å². The van der Waals surface area contributed by atoms with Crippen LogP contribution in [-0.2, 0) is 0 Å². The van der Waals surface area contributed by atoms with Crippen molar-refractivity contribution in [3.63, 3.8) is 0 Å². The molecule has 0 aliphatic heterocycles. The third-order valence-corrected chi connectivity index (χ3v) is 3.51. The van der Waals surface area contributed by atoms with Gasteiger partial charge in [-0.25, -0.2) is 4.98 Å². The van der Waals surface area contributed by atoms with Gasteiger partial charge in [-0.1, -0.05) is 42.5 Å². The smallest absolute Gasteiger partial charge is 0.182 e. The van der Waals surface area contributed by atoms with Crippen LogP contribution in [0.1, 0.15) is 5.69 Å². The SMILES string of the molecule is Cc1nc2c(-c3ccccc3)cccc2n2cnnc12. The van der Waals surface area contributed by atoms with Crippen LogP contribution in [0, 0.1) is 6.92 Å². The molecule has 0 unspecified atom stereocenters. The summed E-state index contributed by atoms with van der Waals surface area (Å²) in [6.07, 6.45) is 1.74. The summed E-state index contributed by atoms with van der Waals surface area (Å²) < 4.78 is 1.99. The number of rotatable bonds is 1. The molecule has 2 heterocycles. The molecule has 20 heavy (non-hydrogen) atoms. The molecule has 0 fully saturated rings. The average molecular weight is 260 g/mol. The first-order valence-electron chi connectivity index (χ1n) is 6.49.